The molecule has 0 spiro atoms. The number of likely N-dealkylation sites (N-methyl/N-ethyl adjacent to an activating group) is 2. The third-order valence-electron chi connectivity index (χ3n) is 4.39. The van der Waals surface area contributed by atoms with Gasteiger partial charge in [0.1, 0.15) is 0 Å². The fourth-order valence-electron chi connectivity index (χ4n) is 2.85. The Bertz CT molecular complexity index is 693. The highest BCUT2D eigenvalue weighted by molar-refractivity contribution is 7.89. The number of sulfonamides is 1. The van der Waals surface area contributed by atoms with E-state index in [2.05, 4.69) is 10.2 Å². The predicted octanol–water partition coefficient (Wildman–Crippen LogP) is 0.778. The number of ether oxygens (including phenoxy) is 1. The first-order chi connectivity index (χ1) is 11.9. The quantitative estimate of drug-likeness (QED) is 0.685. The SMILES string of the molecule is CCOCCNC(=O)c1cccc(S(=O)(=O)N(C)[C@H]2CCN(C)C2)c1. The minimum Gasteiger partial charge on any atom is -0.380 e. The number of carbonyl (C=O) groups excluding carboxylic acids is 1. The van der Waals surface area contributed by atoms with E-state index in [1.54, 1.807) is 19.2 Å². The number of rotatable bonds is 8. The molecule has 1 amide bonds. The van der Waals surface area contributed by atoms with E-state index in [4.69, 9.17) is 4.74 Å². The van der Waals surface area contributed by atoms with Crippen LogP contribution in [-0.4, -0.2) is 76.5 Å². The van der Waals surface area contributed by atoms with Crippen molar-refractivity contribution in [2.24, 2.45) is 0 Å². The van der Waals surface area contributed by atoms with Crippen LogP contribution in [0.15, 0.2) is 29.2 Å². The van der Waals surface area contributed by atoms with Crippen molar-refractivity contribution in [1.29, 1.82) is 0 Å². The van der Waals surface area contributed by atoms with Crippen LogP contribution >= 0.6 is 0 Å². The summed E-state index contributed by atoms with van der Waals surface area (Å²) < 4.78 is 32.3. The van der Waals surface area contributed by atoms with Gasteiger partial charge in [0.25, 0.3) is 5.91 Å². The van der Waals surface area contributed by atoms with E-state index >= 15 is 0 Å². The zero-order chi connectivity index (χ0) is 18.4. The third-order valence-corrected chi connectivity index (χ3v) is 6.30. The fraction of sp³-hybridized carbons (Fsp3) is 0.588. The first-order valence-electron chi connectivity index (χ1n) is 8.49. The topological polar surface area (TPSA) is 78.9 Å². The van der Waals surface area contributed by atoms with Gasteiger partial charge in [0.2, 0.25) is 10.0 Å². The Kier molecular flexibility index (Phi) is 6.95. The number of hydrogen-bond donors (Lipinski definition) is 1. The molecule has 0 bridgehead atoms. The summed E-state index contributed by atoms with van der Waals surface area (Å²) in [5.74, 6) is -0.306. The van der Waals surface area contributed by atoms with Crippen LogP contribution in [0.1, 0.15) is 23.7 Å². The second-order valence-electron chi connectivity index (χ2n) is 6.21. The van der Waals surface area contributed by atoms with Crippen molar-refractivity contribution in [3.63, 3.8) is 0 Å². The molecule has 140 valence electrons. The molecule has 2 rings (SSSR count). The lowest BCUT2D eigenvalue weighted by molar-refractivity contribution is 0.0922. The lowest BCUT2D eigenvalue weighted by atomic mass is 10.2. The van der Waals surface area contributed by atoms with Gasteiger partial charge in [-0.2, -0.15) is 4.31 Å². The van der Waals surface area contributed by atoms with Crippen molar-refractivity contribution in [3.05, 3.63) is 29.8 Å². The largest absolute Gasteiger partial charge is 0.380 e. The Morgan fingerprint density at radius 2 is 2.20 bits per heavy atom. The van der Waals surface area contributed by atoms with Gasteiger partial charge in [-0.3, -0.25) is 4.79 Å². The average molecular weight is 369 g/mol. The minimum absolute atomic E-state index is 0.0429. The van der Waals surface area contributed by atoms with Crippen molar-refractivity contribution in [3.8, 4) is 0 Å². The maximum Gasteiger partial charge on any atom is 0.251 e. The zero-order valence-corrected chi connectivity index (χ0v) is 15.9. The molecule has 1 fully saturated rings. The highest BCUT2D eigenvalue weighted by atomic mass is 32.2. The summed E-state index contributed by atoms with van der Waals surface area (Å²) in [6, 6.07) is 6.12. The van der Waals surface area contributed by atoms with Gasteiger partial charge in [-0.25, -0.2) is 8.42 Å². The number of amides is 1. The molecule has 1 aliphatic heterocycles. The molecule has 1 atom stereocenters. The highest BCUT2D eigenvalue weighted by Crippen LogP contribution is 2.22. The predicted molar refractivity (Wildman–Crippen MR) is 96.1 cm³/mol. The van der Waals surface area contributed by atoms with E-state index in [1.807, 2.05) is 14.0 Å². The van der Waals surface area contributed by atoms with Crippen LogP contribution in [0.5, 0.6) is 0 Å². The summed E-state index contributed by atoms with van der Waals surface area (Å²) in [6.45, 7) is 4.89. The second kappa shape index (κ2) is 8.75. The van der Waals surface area contributed by atoms with Crippen LogP contribution in [0, 0.1) is 0 Å². The molecular weight excluding hydrogens is 342 g/mol. The Balaban J connectivity index is 2.09. The Labute approximate surface area is 150 Å². The molecule has 1 aliphatic rings. The molecule has 0 aromatic heterocycles. The molecule has 0 saturated carbocycles. The minimum atomic E-state index is -3.63. The molecule has 1 heterocycles. The molecule has 1 aromatic carbocycles. The number of nitrogens with one attached hydrogen (secondary N) is 1. The molecule has 0 aliphatic carbocycles. The summed E-state index contributed by atoms with van der Waals surface area (Å²) >= 11 is 0. The van der Waals surface area contributed by atoms with Gasteiger partial charge in [0, 0.05) is 38.3 Å². The smallest absolute Gasteiger partial charge is 0.251 e. The van der Waals surface area contributed by atoms with Crippen LogP contribution < -0.4 is 5.32 Å². The summed E-state index contributed by atoms with van der Waals surface area (Å²) in [6.07, 6.45) is 0.809. The molecule has 0 radical (unpaired) electrons. The first-order valence-corrected chi connectivity index (χ1v) is 9.93. The molecule has 1 aromatic rings. The van der Waals surface area contributed by atoms with Crippen LogP contribution in [-0.2, 0) is 14.8 Å². The van der Waals surface area contributed by atoms with Crippen LogP contribution in [0.25, 0.3) is 0 Å². The van der Waals surface area contributed by atoms with Crippen LogP contribution in [0.3, 0.4) is 0 Å². The second-order valence-corrected chi connectivity index (χ2v) is 8.20. The molecule has 25 heavy (non-hydrogen) atoms. The van der Waals surface area contributed by atoms with Crippen molar-refractivity contribution in [2.75, 3.05) is 46.9 Å². The van der Waals surface area contributed by atoms with Crippen LogP contribution in [0.2, 0.25) is 0 Å². The van der Waals surface area contributed by atoms with Crippen molar-refractivity contribution < 1.29 is 17.9 Å². The van der Waals surface area contributed by atoms with E-state index < -0.39 is 10.0 Å². The third kappa shape index (κ3) is 5.01. The Hall–Kier alpha value is -1.48. The summed E-state index contributed by atoms with van der Waals surface area (Å²) in [4.78, 5) is 14.4. The lowest BCUT2D eigenvalue weighted by Gasteiger charge is -2.24. The molecule has 1 saturated heterocycles. The highest BCUT2D eigenvalue weighted by Gasteiger charge is 2.32. The zero-order valence-electron chi connectivity index (χ0n) is 15.1. The van der Waals surface area contributed by atoms with Gasteiger partial charge < -0.3 is 15.0 Å². The molecule has 8 heteroatoms. The van der Waals surface area contributed by atoms with Crippen molar-refractivity contribution in [2.45, 2.75) is 24.3 Å². The van der Waals surface area contributed by atoms with Gasteiger partial charge in [-0.15, -0.1) is 0 Å². The van der Waals surface area contributed by atoms with Gasteiger partial charge in [-0.1, -0.05) is 6.07 Å². The van der Waals surface area contributed by atoms with E-state index in [0.29, 0.717) is 31.9 Å². The maximum atomic E-state index is 12.9. The maximum absolute atomic E-state index is 12.9. The molecule has 0 unspecified atom stereocenters. The number of carbonyl (C=O) groups is 1. The normalized spacial score (nSPS) is 18.6. The summed E-state index contributed by atoms with van der Waals surface area (Å²) in [7, 11) is -0.0440. The van der Waals surface area contributed by atoms with Crippen LogP contribution in [0.4, 0.5) is 0 Å². The monoisotopic (exact) mass is 369 g/mol. The first kappa shape index (κ1) is 19.8. The van der Waals surface area contributed by atoms with Crippen molar-refractivity contribution >= 4 is 15.9 Å². The van der Waals surface area contributed by atoms with E-state index in [-0.39, 0.29) is 16.8 Å². The van der Waals surface area contributed by atoms with Gasteiger partial charge in [0.05, 0.1) is 11.5 Å². The van der Waals surface area contributed by atoms with E-state index in [9.17, 15) is 13.2 Å². The number of benzene rings is 1. The van der Waals surface area contributed by atoms with Gasteiger partial charge in [0.15, 0.2) is 0 Å². The summed E-state index contributed by atoms with van der Waals surface area (Å²) in [5.41, 5.74) is 0.328. The van der Waals surface area contributed by atoms with Gasteiger partial charge >= 0.3 is 0 Å². The summed E-state index contributed by atoms with van der Waals surface area (Å²) in [5, 5.41) is 2.72. The number of nitrogens with zero attached hydrogens (tertiary/aromatic N) is 2. The average Bonchev–Trinajstić information content (AvgIpc) is 3.04. The Morgan fingerprint density at radius 3 is 2.84 bits per heavy atom. The molecule has 1 N–H and O–H groups in total. The van der Waals surface area contributed by atoms with Crippen molar-refractivity contribution in [1.82, 2.24) is 14.5 Å². The molecular formula is C17H27N3O4S. The fourth-order valence-corrected chi connectivity index (χ4v) is 4.28. The number of likely N-dealkylation sites (tertiary alicyclic amines) is 1. The standard InChI is InChI=1S/C17H27N3O4S/c1-4-24-11-9-18-17(21)14-6-5-7-16(12-14)25(22,23)20(3)15-8-10-19(2)13-15/h5-7,12,15H,4,8-11,13H2,1-3H3,(H,18,21)/t15-/m0/s1. The van der Waals surface area contributed by atoms with E-state index in [0.717, 1.165) is 13.0 Å². The Morgan fingerprint density at radius 1 is 1.44 bits per heavy atom. The number of hydrogen-bond acceptors (Lipinski definition) is 5. The molecule has 7 nitrogen and oxygen atoms in total. The lowest BCUT2D eigenvalue weighted by Crippen LogP contribution is -2.38. The van der Waals surface area contributed by atoms with Gasteiger partial charge in [-0.05, 0) is 45.1 Å². The van der Waals surface area contributed by atoms with E-state index in [1.165, 1.54) is 16.4 Å².